The number of rotatable bonds is 2. The van der Waals surface area contributed by atoms with Crippen LogP contribution in [0.1, 0.15) is 53.4 Å². The zero-order valence-corrected chi connectivity index (χ0v) is 13.6. The fourth-order valence-corrected chi connectivity index (χ4v) is 3.49. The monoisotopic (exact) mass is 278 g/mol. The number of nitrogens with one attached hydrogen (secondary N) is 1. The lowest BCUT2D eigenvalue weighted by atomic mass is 9.75. The molecule has 0 atom stereocenters. The van der Waals surface area contributed by atoms with Crippen molar-refractivity contribution in [2.24, 2.45) is 10.8 Å². The highest BCUT2D eigenvalue weighted by Crippen LogP contribution is 2.36. The smallest absolute Gasteiger partial charge is 0.229 e. The van der Waals surface area contributed by atoms with Crippen LogP contribution in [0.25, 0.3) is 0 Å². The summed E-state index contributed by atoms with van der Waals surface area (Å²) in [4.78, 5) is 15.0. The Labute approximate surface area is 123 Å². The molecule has 2 rings (SSSR count). The third-order valence-corrected chi connectivity index (χ3v) is 5.15. The van der Waals surface area contributed by atoms with E-state index in [0.717, 1.165) is 51.9 Å². The Morgan fingerprint density at radius 1 is 1.35 bits per heavy atom. The van der Waals surface area contributed by atoms with E-state index in [-0.39, 0.29) is 10.8 Å². The summed E-state index contributed by atoms with van der Waals surface area (Å²) in [5, 5.41) is 3.38. The van der Waals surface area contributed by atoms with E-state index in [1.54, 1.807) is 0 Å². The van der Waals surface area contributed by atoms with E-state index in [1.165, 1.54) is 5.57 Å². The maximum absolute atomic E-state index is 12.9. The maximum Gasteiger partial charge on any atom is 0.229 e. The number of nitrogens with zero attached hydrogens (tertiary/aromatic N) is 1. The van der Waals surface area contributed by atoms with Gasteiger partial charge in [0.2, 0.25) is 5.91 Å². The highest BCUT2D eigenvalue weighted by molar-refractivity contribution is 5.83. The molecule has 0 bridgehead atoms. The predicted octanol–water partition coefficient (Wildman–Crippen LogP) is 2.97. The van der Waals surface area contributed by atoms with E-state index < -0.39 is 0 Å². The van der Waals surface area contributed by atoms with Gasteiger partial charge in [0, 0.05) is 13.1 Å². The third-order valence-electron chi connectivity index (χ3n) is 5.15. The van der Waals surface area contributed by atoms with Gasteiger partial charge in [-0.1, -0.05) is 39.3 Å². The van der Waals surface area contributed by atoms with Crippen LogP contribution in [0.2, 0.25) is 0 Å². The van der Waals surface area contributed by atoms with E-state index in [0.29, 0.717) is 5.91 Å². The summed E-state index contributed by atoms with van der Waals surface area (Å²) in [6.45, 7) is 12.6. The van der Waals surface area contributed by atoms with Crippen LogP contribution >= 0.6 is 0 Å². The Kier molecular flexibility index (Phi) is 4.58. The zero-order chi connectivity index (χ0) is 14.8. The average Bonchev–Trinajstić information content (AvgIpc) is 2.46. The Hall–Kier alpha value is -0.830. The molecular formula is C17H30N2O. The van der Waals surface area contributed by atoms with Gasteiger partial charge in [-0.2, -0.15) is 0 Å². The minimum absolute atomic E-state index is 0.0989. The molecule has 1 fully saturated rings. The molecule has 0 aromatic heterocycles. The van der Waals surface area contributed by atoms with Crippen LogP contribution < -0.4 is 5.32 Å². The van der Waals surface area contributed by atoms with Gasteiger partial charge in [-0.25, -0.2) is 0 Å². The van der Waals surface area contributed by atoms with Crippen molar-refractivity contribution in [2.45, 2.75) is 53.4 Å². The van der Waals surface area contributed by atoms with Crippen molar-refractivity contribution in [3.63, 3.8) is 0 Å². The quantitative estimate of drug-likeness (QED) is 0.788. The van der Waals surface area contributed by atoms with Crippen LogP contribution in [0.5, 0.6) is 0 Å². The largest absolute Gasteiger partial charge is 0.338 e. The van der Waals surface area contributed by atoms with Crippen molar-refractivity contribution in [1.82, 2.24) is 10.2 Å². The topological polar surface area (TPSA) is 32.3 Å². The number of amides is 1. The molecule has 0 aromatic rings. The molecule has 3 nitrogen and oxygen atoms in total. The van der Waals surface area contributed by atoms with E-state index >= 15 is 0 Å². The molecule has 1 saturated heterocycles. The first kappa shape index (κ1) is 15.6. The van der Waals surface area contributed by atoms with Crippen LogP contribution in [-0.2, 0) is 4.79 Å². The average molecular weight is 278 g/mol. The zero-order valence-electron chi connectivity index (χ0n) is 13.6. The van der Waals surface area contributed by atoms with E-state index in [4.69, 9.17) is 0 Å². The SMILES string of the molecule is CCC1(C(=O)N2CC=C(C(C)(C)C)CC2)CCNCC1. The Bertz CT molecular complexity index is 386. The lowest BCUT2D eigenvalue weighted by molar-refractivity contribution is -0.143. The van der Waals surface area contributed by atoms with Gasteiger partial charge in [0.1, 0.15) is 0 Å². The van der Waals surface area contributed by atoms with E-state index in [2.05, 4.69) is 44.0 Å². The molecule has 0 aromatic carbocycles. The van der Waals surface area contributed by atoms with Gasteiger partial charge in [0.15, 0.2) is 0 Å². The molecule has 1 amide bonds. The second-order valence-electron chi connectivity index (χ2n) is 7.36. The molecule has 3 heteroatoms. The van der Waals surface area contributed by atoms with Crippen LogP contribution in [-0.4, -0.2) is 37.0 Å². The highest BCUT2D eigenvalue weighted by atomic mass is 16.2. The van der Waals surface area contributed by atoms with Gasteiger partial charge in [-0.15, -0.1) is 0 Å². The summed E-state index contributed by atoms with van der Waals surface area (Å²) < 4.78 is 0. The Balaban J connectivity index is 2.06. The summed E-state index contributed by atoms with van der Waals surface area (Å²) in [6, 6.07) is 0. The van der Waals surface area contributed by atoms with E-state index in [9.17, 15) is 4.79 Å². The van der Waals surface area contributed by atoms with Gasteiger partial charge < -0.3 is 10.2 Å². The minimum Gasteiger partial charge on any atom is -0.338 e. The standard InChI is InChI=1S/C17H30N2O/c1-5-17(8-10-18-11-9-17)15(20)19-12-6-14(7-13-19)16(2,3)4/h6,18H,5,7-13H2,1-4H3. The van der Waals surface area contributed by atoms with Crippen LogP contribution in [0.4, 0.5) is 0 Å². The second-order valence-corrected chi connectivity index (χ2v) is 7.36. The van der Waals surface area contributed by atoms with Crippen LogP contribution in [0, 0.1) is 10.8 Å². The fourth-order valence-electron chi connectivity index (χ4n) is 3.49. The number of carbonyl (C=O) groups excluding carboxylic acids is 1. The normalized spacial score (nSPS) is 23.4. The van der Waals surface area contributed by atoms with Crippen molar-refractivity contribution in [2.75, 3.05) is 26.2 Å². The molecule has 2 aliphatic heterocycles. The molecule has 0 aliphatic carbocycles. The van der Waals surface area contributed by atoms with Crippen LogP contribution in [0.3, 0.4) is 0 Å². The summed E-state index contributed by atoms with van der Waals surface area (Å²) in [7, 11) is 0. The lowest BCUT2D eigenvalue weighted by Crippen LogP contribution is -2.50. The lowest BCUT2D eigenvalue weighted by Gasteiger charge is -2.41. The first-order valence-electron chi connectivity index (χ1n) is 8.09. The third kappa shape index (κ3) is 3.08. The fraction of sp³-hybridized carbons (Fsp3) is 0.824. The predicted molar refractivity (Wildman–Crippen MR) is 83.6 cm³/mol. The summed E-state index contributed by atoms with van der Waals surface area (Å²) in [5.74, 6) is 0.394. The molecule has 20 heavy (non-hydrogen) atoms. The molecule has 0 unspecified atom stereocenters. The second kappa shape index (κ2) is 5.88. The van der Waals surface area contributed by atoms with Gasteiger partial charge in [0.25, 0.3) is 0 Å². The van der Waals surface area contributed by atoms with Gasteiger partial charge in [-0.05, 0) is 44.2 Å². The summed E-state index contributed by atoms with van der Waals surface area (Å²) in [6.07, 6.45) is 6.28. The Morgan fingerprint density at radius 3 is 2.45 bits per heavy atom. The van der Waals surface area contributed by atoms with Crippen molar-refractivity contribution in [3.8, 4) is 0 Å². The van der Waals surface area contributed by atoms with Crippen LogP contribution in [0.15, 0.2) is 11.6 Å². The van der Waals surface area contributed by atoms with Crippen molar-refractivity contribution in [3.05, 3.63) is 11.6 Å². The highest BCUT2D eigenvalue weighted by Gasteiger charge is 2.40. The van der Waals surface area contributed by atoms with Gasteiger partial charge in [0.05, 0.1) is 5.41 Å². The number of hydrogen-bond acceptors (Lipinski definition) is 2. The first-order chi connectivity index (χ1) is 9.39. The minimum atomic E-state index is -0.0989. The van der Waals surface area contributed by atoms with Gasteiger partial charge in [-0.3, -0.25) is 4.79 Å². The van der Waals surface area contributed by atoms with E-state index in [1.807, 2.05) is 0 Å². The molecular weight excluding hydrogens is 248 g/mol. The number of piperidine rings is 1. The number of carbonyl (C=O) groups is 1. The first-order valence-corrected chi connectivity index (χ1v) is 8.09. The van der Waals surface area contributed by atoms with Crippen molar-refractivity contribution < 1.29 is 4.79 Å². The summed E-state index contributed by atoms with van der Waals surface area (Å²) in [5.41, 5.74) is 1.64. The number of hydrogen-bond donors (Lipinski definition) is 1. The maximum atomic E-state index is 12.9. The Morgan fingerprint density at radius 2 is 2.00 bits per heavy atom. The molecule has 2 heterocycles. The molecule has 0 saturated carbocycles. The van der Waals surface area contributed by atoms with Gasteiger partial charge >= 0.3 is 0 Å². The van der Waals surface area contributed by atoms with Crippen molar-refractivity contribution in [1.29, 1.82) is 0 Å². The molecule has 2 aliphatic rings. The molecule has 1 N–H and O–H groups in total. The van der Waals surface area contributed by atoms with Crippen molar-refractivity contribution >= 4 is 5.91 Å². The molecule has 0 spiro atoms. The molecule has 0 radical (unpaired) electrons. The summed E-state index contributed by atoms with van der Waals surface area (Å²) >= 11 is 0. The molecule has 114 valence electrons.